The smallest absolute Gasteiger partial charge is 0.206 e. The molecule has 2 nitrogen and oxygen atoms in total. The fourth-order valence-corrected chi connectivity index (χ4v) is 3.26. The van der Waals surface area contributed by atoms with Crippen LogP contribution < -0.4 is 0 Å². The standard InChI is InChI=1S/C16H15NOS/c1-2-18-16-15(12-8-4-3-5-9-12)19-14-11-7-6-10-13(14)17-16/h3-11,15H,2H2,1H3. The Morgan fingerprint density at radius 2 is 1.79 bits per heavy atom. The Hall–Kier alpha value is -1.74. The molecule has 0 radical (unpaired) electrons. The molecule has 2 aromatic rings. The van der Waals surface area contributed by atoms with Crippen LogP contribution in [0.1, 0.15) is 17.7 Å². The Balaban J connectivity index is 2.02. The molecule has 0 fully saturated rings. The summed E-state index contributed by atoms with van der Waals surface area (Å²) in [5.41, 5.74) is 2.23. The topological polar surface area (TPSA) is 21.6 Å². The zero-order valence-electron chi connectivity index (χ0n) is 10.7. The maximum Gasteiger partial charge on any atom is 0.206 e. The molecule has 0 amide bonds. The summed E-state index contributed by atoms with van der Waals surface area (Å²) in [7, 11) is 0. The molecule has 96 valence electrons. The third-order valence-electron chi connectivity index (χ3n) is 2.96. The van der Waals surface area contributed by atoms with E-state index in [9.17, 15) is 0 Å². The number of hydrogen-bond donors (Lipinski definition) is 0. The van der Waals surface area contributed by atoms with Gasteiger partial charge in [0.25, 0.3) is 0 Å². The van der Waals surface area contributed by atoms with Gasteiger partial charge in [-0.2, -0.15) is 0 Å². The molecule has 0 N–H and O–H groups in total. The molecular weight excluding hydrogens is 254 g/mol. The van der Waals surface area contributed by atoms with Crippen molar-refractivity contribution in [1.82, 2.24) is 0 Å². The molecule has 3 heteroatoms. The normalized spacial score (nSPS) is 17.5. The highest BCUT2D eigenvalue weighted by Gasteiger charge is 2.26. The summed E-state index contributed by atoms with van der Waals surface area (Å²) in [5, 5.41) is 0.149. The van der Waals surface area contributed by atoms with Crippen molar-refractivity contribution in [3.8, 4) is 0 Å². The average molecular weight is 269 g/mol. The van der Waals surface area contributed by atoms with Crippen molar-refractivity contribution >= 4 is 23.3 Å². The molecule has 0 saturated heterocycles. The molecule has 1 aliphatic heterocycles. The van der Waals surface area contributed by atoms with E-state index in [1.165, 1.54) is 10.5 Å². The Bertz CT molecular complexity index is 595. The van der Waals surface area contributed by atoms with Gasteiger partial charge in [0.15, 0.2) is 0 Å². The number of ether oxygens (including phenoxy) is 1. The summed E-state index contributed by atoms with van der Waals surface area (Å²) < 4.78 is 5.74. The predicted octanol–water partition coefficient (Wildman–Crippen LogP) is 4.60. The number of aliphatic imine (C=N–C) groups is 1. The predicted molar refractivity (Wildman–Crippen MR) is 80.2 cm³/mol. The van der Waals surface area contributed by atoms with Crippen molar-refractivity contribution in [2.24, 2.45) is 4.99 Å². The van der Waals surface area contributed by atoms with Crippen molar-refractivity contribution in [3.05, 3.63) is 60.2 Å². The Morgan fingerprint density at radius 1 is 1.05 bits per heavy atom. The summed E-state index contributed by atoms with van der Waals surface area (Å²) in [6.45, 7) is 2.64. The zero-order valence-corrected chi connectivity index (χ0v) is 11.6. The molecule has 19 heavy (non-hydrogen) atoms. The first kappa shape index (κ1) is 12.3. The second kappa shape index (κ2) is 5.49. The van der Waals surface area contributed by atoms with Crippen molar-refractivity contribution in [2.75, 3.05) is 6.61 Å². The monoisotopic (exact) mass is 269 g/mol. The van der Waals surface area contributed by atoms with Gasteiger partial charge in [-0.25, -0.2) is 4.99 Å². The third kappa shape index (κ3) is 2.51. The van der Waals surface area contributed by atoms with Crippen LogP contribution in [0.3, 0.4) is 0 Å². The van der Waals surface area contributed by atoms with Crippen LogP contribution in [-0.2, 0) is 4.74 Å². The number of nitrogens with zero attached hydrogens (tertiary/aromatic N) is 1. The number of rotatable bonds is 2. The number of para-hydroxylation sites is 1. The van der Waals surface area contributed by atoms with Gasteiger partial charge in [-0.1, -0.05) is 42.5 Å². The van der Waals surface area contributed by atoms with Gasteiger partial charge < -0.3 is 4.74 Å². The Morgan fingerprint density at radius 3 is 2.58 bits per heavy atom. The van der Waals surface area contributed by atoms with Crippen LogP contribution in [0.5, 0.6) is 0 Å². The Labute approximate surface area is 117 Å². The summed E-state index contributed by atoms with van der Waals surface area (Å²) in [6, 6.07) is 18.6. The van der Waals surface area contributed by atoms with Crippen LogP contribution in [-0.4, -0.2) is 12.5 Å². The first-order valence-electron chi connectivity index (χ1n) is 6.40. The number of hydrogen-bond acceptors (Lipinski definition) is 3. The molecule has 2 aromatic carbocycles. The fraction of sp³-hybridized carbons (Fsp3) is 0.188. The lowest BCUT2D eigenvalue weighted by atomic mass is 10.1. The van der Waals surface area contributed by atoms with Gasteiger partial charge in [0, 0.05) is 4.90 Å². The van der Waals surface area contributed by atoms with Crippen molar-refractivity contribution < 1.29 is 4.74 Å². The van der Waals surface area contributed by atoms with Crippen LogP contribution in [0, 0.1) is 0 Å². The van der Waals surface area contributed by atoms with Crippen molar-refractivity contribution in [2.45, 2.75) is 17.1 Å². The van der Waals surface area contributed by atoms with Gasteiger partial charge in [-0.3, -0.25) is 0 Å². The Kier molecular flexibility index (Phi) is 3.56. The van der Waals surface area contributed by atoms with Gasteiger partial charge >= 0.3 is 0 Å². The largest absolute Gasteiger partial charge is 0.480 e. The van der Waals surface area contributed by atoms with E-state index in [1.807, 2.05) is 25.1 Å². The van der Waals surface area contributed by atoms with E-state index in [0.29, 0.717) is 6.61 Å². The maximum atomic E-state index is 5.74. The van der Waals surface area contributed by atoms with Crippen LogP contribution in [0.15, 0.2) is 64.5 Å². The second-order valence-electron chi connectivity index (χ2n) is 4.26. The second-order valence-corrected chi connectivity index (χ2v) is 5.41. The van der Waals surface area contributed by atoms with Gasteiger partial charge in [0.05, 0.1) is 12.3 Å². The summed E-state index contributed by atoms with van der Waals surface area (Å²) in [5.74, 6) is 0.803. The van der Waals surface area contributed by atoms with Gasteiger partial charge in [-0.15, -0.1) is 11.8 Å². The molecular formula is C16H15NOS. The van der Waals surface area contributed by atoms with Crippen molar-refractivity contribution in [3.63, 3.8) is 0 Å². The summed E-state index contributed by atoms with van der Waals surface area (Å²) >= 11 is 1.80. The van der Waals surface area contributed by atoms with E-state index in [-0.39, 0.29) is 5.25 Å². The number of fused-ring (bicyclic) bond motifs is 1. The zero-order chi connectivity index (χ0) is 13.1. The minimum atomic E-state index is 0.149. The molecule has 1 heterocycles. The van der Waals surface area contributed by atoms with E-state index in [1.54, 1.807) is 11.8 Å². The molecule has 1 atom stereocenters. The summed E-state index contributed by atoms with van der Waals surface area (Å²) in [6.07, 6.45) is 0. The lowest BCUT2D eigenvalue weighted by molar-refractivity contribution is 0.319. The average Bonchev–Trinajstić information content (AvgIpc) is 2.48. The van der Waals surface area contributed by atoms with E-state index in [0.717, 1.165) is 11.6 Å². The first-order valence-corrected chi connectivity index (χ1v) is 7.28. The van der Waals surface area contributed by atoms with Crippen LogP contribution in [0.25, 0.3) is 0 Å². The highest BCUT2D eigenvalue weighted by atomic mass is 32.2. The van der Waals surface area contributed by atoms with Crippen LogP contribution >= 0.6 is 11.8 Å². The maximum absolute atomic E-state index is 5.74. The van der Waals surface area contributed by atoms with E-state index < -0.39 is 0 Å². The van der Waals surface area contributed by atoms with Gasteiger partial charge in [0.1, 0.15) is 5.25 Å². The molecule has 0 saturated carbocycles. The van der Waals surface area contributed by atoms with Gasteiger partial charge in [0.2, 0.25) is 5.90 Å². The van der Waals surface area contributed by atoms with Crippen LogP contribution in [0.2, 0.25) is 0 Å². The molecule has 3 rings (SSSR count). The highest BCUT2D eigenvalue weighted by molar-refractivity contribution is 8.00. The molecule has 0 bridgehead atoms. The molecule has 0 aromatic heterocycles. The highest BCUT2D eigenvalue weighted by Crippen LogP contribution is 2.45. The number of benzene rings is 2. The van der Waals surface area contributed by atoms with E-state index >= 15 is 0 Å². The molecule has 0 aliphatic carbocycles. The minimum absolute atomic E-state index is 0.149. The minimum Gasteiger partial charge on any atom is -0.480 e. The van der Waals surface area contributed by atoms with Gasteiger partial charge in [-0.05, 0) is 24.6 Å². The SMILES string of the molecule is CCOC1=Nc2ccccc2SC1c1ccccc1. The molecule has 1 unspecified atom stereocenters. The first-order chi connectivity index (χ1) is 9.38. The summed E-state index contributed by atoms with van der Waals surface area (Å²) in [4.78, 5) is 5.87. The number of thioether (sulfide) groups is 1. The van der Waals surface area contributed by atoms with E-state index in [2.05, 4.69) is 41.4 Å². The van der Waals surface area contributed by atoms with Crippen molar-refractivity contribution in [1.29, 1.82) is 0 Å². The molecule has 0 spiro atoms. The quantitative estimate of drug-likeness (QED) is 0.794. The fourth-order valence-electron chi connectivity index (χ4n) is 2.10. The van der Waals surface area contributed by atoms with Crippen LogP contribution in [0.4, 0.5) is 5.69 Å². The lowest BCUT2D eigenvalue weighted by Crippen LogP contribution is -2.16. The molecule has 1 aliphatic rings. The van der Waals surface area contributed by atoms with E-state index in [4.69, 9.17) is 4.74 Å². The third-order valence-corrected chi connectivity index (χ3v) is 4.27. The lowest BCUT2D eigenvalue weighted by Gasteiger charge is -2.24.